The number of fused-ring (bicyclic) bond motifs is 2. The second-order valence-corrected chi connectivity index (χ2v) is 9.07. The van der Waals surface area contributed by atoms with Gasteiger partial charge in [0.1, 0.15) is 5.52 Å². The Bertz CT molecular complexity index is 1420. The van der Waals surface area contributed by atoms with Crippen molar-refractivity contribution in [1.29, 1.82) is 0 Å². The summed E-state index contributed by atoms with van der Waals surface area (Å²) in [6, 6.07) is 12.7. The molecule has 2 aromatic heterocycles. The lowest BCUT2D eigenvalue weighted by Gasteiger charge is -2.39. The lowest BCUT2D eigenvalue weighted by atomic mass is 10.1. The summed E-state index contributed by atoms with van der Waals surface area (Å²) in [4.78, 5) is 38.0. The number of nitrogens with zero attached hydrogens (tertiary/aromatic N) is 4. The smallest absolute Gasteiger partial charge is 0.409 e. The molecule has 2 aromatic carbocycles. The molecule has 180 valence electrons. The number of carbonyl (C=O) groups excluding carboxylic acids is 2. The molecule has 4 aromatic rings. The maximum Gasteiger partial charge on any atom is 0.409 e. The number of amides is 2. The van der Waals surface area contributed by atoms with Gasteiger partial charge in [-0.05, 0) is 49.7 Å². The summed E-state index contributed by atoms with van der Waals surface area (Å²) in [5.74, 6) is -0.103. The minimum atomic E-state index is -0.327. The van der Waals surface area contributed by atoms with Crippen molar-refractivity contribution in [2.24, 2.45) is 0 Å². The molecule has 0 aliphatic carbocycles. The van der Waals surface area contributed by atoms with Gasteiger partial charge in [-0.1, -0.05) is 24.6 Å². The van der Waals surface area contributed by atoms with Crippen LogP contribution in [0.1, 0.15) is 30.6 Å². The highest BCUT2D eigenvalue weighted by Crippen LogP contribution is 2.30. The number of aromatic nitrogens is 2. The van der Waals surface area contributed by atoms with E-state index in [2.05, 4.69) is 4.98 Å². The highest BCUT2D eigenvalue weighted by atomic mass is 35.5. The van der Waals surface area contributed by atoms with E-state index < -0.39 is 0 Å². The third-order valence-electron chi connectivity index (χ3n) is 6.21. The van der Waals surface area contributed by atoms with E-state index in [0.717, 1.165) is 22.9 Å². The summed E-state index contributed by atoms with van der Waals surface area (Å²) in [6.07, 6.45) is 1.85. The summed E-state index contributed by atoms with van der Waals surface area (Å²) in [7, 11) is 0. The molecule has 0 radical (unpaired) electrons. The normalized spacial score (nSPS) is 16.1. The van der Waals surface area contributed by atoms with Crippen molar-refractivity contribution in [2.45, 2.75) is 26.3 Å². The van der Waals surface area contributed by atoms with Gasteiger partial charge in [0.05, 0.1) is 22.8 Å². The number of rotatable bonds is 4. The van der Waals surface area contributed by atoms with Crippen molar-refractivity contribution in [3.05, 3.63) is 59.4 Å². The molecule has 1 aliphatic rings. The first kappa shape index (κ1) is 23.1. The average Bonchev–Trinajstić information content (AvgIpc) is 3.34. The zero-order chi connectivity index (χ0) is 24.5. The van der Waals surface area contributed by atoms with Crippen molar-refractivity contribution in [3.8, 4) is 11.3 Å². The van der Waals surface area contributed by atoms with E-state index in [9.17, 15) is 9.59 Å². The molecule has 1 saturated heterocycles. The molecule has 0 N–H and O–H groups in total. The van der Waals surface area contributed by atoms with Gasteiger partial charge in [0, 0.05) is 42.2 Å². The molecule has 1 fully saturated rings. The van der Waals surface area contributed by atoms with E-state index in [1.807, 2.05) is 44.2 Å². The third kappa shape index (κ3) is 4.53. The molecule has 0 unspecified atom stereocenters. The average molecular weight is 493 g/mol. The number of hydrogen-bond acceptors (Lipinski definition) is 6. The Hall–Kier alpha value is -3.65. The SMILES string of the molecule is CCCOC(=O)N1CCN(C(=O)c2ccc3c(Cl)cc(-c4ccc5ocnc5c4)nc3c2)[C@@H](C)C1. The van der Waals surface area contributed by atoms with E-state index in [4.69, 9.17) is 25.7 Å². The summed E-state index contributed by atoms with van der Waals surface area (Å²) in [6.45, 7) is 5.59. The summed E-state index contributed by atoms with van der Waals surface area (Å²) in [5, 5.41) is 1.32. The maximum absolute atomic E-state index is 13.4. The summed E-state index contributed by atoms with van der Waals surface area (Å²) in [5.41, 5.74) is 4.13. The van der Waals surface area contributed by atoms with Crippen molar-refractivity contribution >= 4 is 45.6 Å². The number of hydrogen-bond donors (Lipinski definition) is 0. The predicted molar refractivity (Wildman–Crippen MR) is 133 cm³/mol. The van der Waals surface area contributed by atoms with Crippen molar-refractivity contribution < 1.29 is 18.7 Å². The fourth-order valence-corrected chi connectivity index (χ4v) is 4.62. The lowest BCUT2D eigenvalue weighted by Crippen LogP contribution is -2.55. The van der Waals surface area contributed by atoms with Gasteiger partial charge in [0.25, 0.3) is 5.91 Å². The Morgan fingerprint density at radius 2 is 2.00 bits per heavy atom. The number of halogens is 1. The molecular weight excluding hydrogens is 468 g/mol. The standard InChI is InChI=1S/C26H25ClN4O4/c1-3-10-34-26(33)30-8-9-31(16(2)14-30)25(32)18-4-6-19-20(27)13-21(29-22(19)12-18)17-5-7-24-23(11-17)28-15-35-24/h4-7,11-13,15-16H,3,8-10,14H2,1-2H3/t16-/m0/s1. The van der Waals surface area contributed by atoms with Crippen LogP contribution in [0.5, 0.6) is 0 Å². The minimum Gasteiger partial charge on any atom is -0.449 e. The topological polar surface area (TPSA) is 88.8 Å². The van der Waals surface area contributed by atoms with Crippen molar-refractivity contribution in [2.75, 3.05) is 26.2 Å². The van der Waals surface area contributed by atoms with Crippen LogP contribution in [0.3, 0.4) is 0 Å². The summed E-state index contributed by atoms with van der Waals surface area (Å²) >= 11 is 6.58. The van der Waals surface area contributed by atoms with Crippen LogP contribution in [0.2, 0.25) is 5.02 Å². The van der Waals surface area contributed by atoms with Crippen molar-refractivity contribution in [3.63, 3.8) is 0 Å². The molecule has 0 bridgehead atoms. The Kier molecular flexibility index (Phi) is 6.30. The first-order valence-corrected chi connectivity index (χ1v) is 12.0. The Labute approximate surface area is 207 Å². The molecule has 1 atom stereocenters. The van der Waals surface area contributed by atoms with E-state index in [0.29, 0.717) is 53.6 Å². The summed E-state index contributed by atoms with van der Waals surface area (Å²) < 4.78 is 10.6. The van der Waals surface area contributed by atoms with Gasteiger partial charge >= 0.3 is 6.09 Å². The van der Waals surface area contributed by atoms with Gasteiger partial charge in [-0.3, -0.25) is 4.79 Å². The van der Waals surface area contributed by atoms with Crippen LogP contribution >= 0.6 is 11.6 Å². The number of oxazole rings is 1. The first-order chi connectivity index (χ1) is 16.9. The zero-order valence-electron chi connectivity index (χ0n) is 19.5. The third-order valence-corrected chi connectivity index (χ3v) is 6.52. The molecule has 1 aliphatic heterocycles. The second-order valence-electron chi connectivity index (χ2n) is 8.66. The minimum absolute atomic E-state index is 0.103. The van der Waals surface area contributed by atoms with E-state index in [1.54, 1.807) is 21.9 Å². The molecule has 8 nitrogen and oxygen atoms in total. The Morgan fingerprint density at radius 1 is 1.14 bits per heavy atom. The molecule has 2 amide bonds. The van der Waals surface area contributed by atoms with Crippen LogP contribution in [0.25, 0.3) is 33.3 Å². The number of ether oxygens (including phenoxy) is 1. The number of benzene rings is 2. The van der Waals surface area contributed by atoms with Crippen LogP contribution in [0, 0.1) is 0 Å². The maximum atomic E-state index is 13.4. The Balaban J connectivity index is 1.39. The van der Waals surface area contributed by atoms with E-state index in [-0.39, 0.29) is 18.0 Å². The van der Waals surface area contributed by atoms with E-state index >= 15 is 0 Å². The molecule has 35 heavy (non-hydrogen) atoms. The van der Waals surface area contributed by atoms with Crippen LogP contribution in [-0.4, -0.2) is 64.1 Å². The van der Waals surface area contributed by atoms with Crippen LogP contribution < -0.4 is 0 Å². The van der Waals surface area contributed by atoms with Gasteiger partial charge in [-0.2, -0.15) is 0 Å². The van der Waals surface area contributed by atoms with Crippen LogP contribution in [-0.2, 0) is 4.74 Å². The fourth-order valence-electron chi connectivity index (χ4n) is 4.36. The van der Waals surface area contributed by atoms with Gasteiger partial charge in [0.2, 0.25) is 0 Å². The predicted octanol–water partition coefficient (Wildman–Crippen LogP) is 5.39. The number of pyridine rings is 1. The first-order valence-electron chi connectivity index (χ1n) is 11.6. The second kappa shape index (κ2) is 9.54. The van der Waals surface area contributed by atoms with Gasteiger partial charge in [0.15, 0.2) is 12.0 Å². The molecule has 0 saturated carbocycles. The number of piperazine rings is 1. The van der Waals surface area contributed by atoms with Gasteiger partial charge in [-0.25, -0.2) is 14.8 Å². The molecule has 0 spiro atoms. The monoisotopic (exact) mass is 492 g/mol. The van der Waals surface area contributed by atoms with Gasteiger partial charge < -0.3 is 19.0 Å². The number of carbonyl (C=O) groups is 2. The Morgan fingerprint density at radius 3 is 2.80 bits per heavy atom. The van der Waals surface area contributed by atoms with Crippen LogP contribution in [0.15, 0.2) is 53.3 Å². The lowest BCUT2D eigenvalue weighted by molar-refractivity contribution is 0.0414. The molecule has 9 heteroatoms. The largest absolute Gasteiger partial charge is 0.449 e. The van der Waals surface area contributed by atoms with Crippen LogP contribution in [0.4, 0.5) is 4.79 Å². The highest BCUT2D eigenvalue weighted by Gasteiger charge is 2.31. The fraction of sp³-hybridized carbons (Fsp3) is 0.308. The zero-order valence-corrected chi connectivity index (χ0v) is 20.3. The highest BCUT2D eigenvalue weighted by molar-refractivity contribution is 6.35. The van der Waals surface area contributed by atoms with Gasteiger partial charge in [-0.15, -0.1) is 0 Å². The molecular formula is C26H25ClN4O4. The molecule has 3 heterocycles. The molecule has 5 rings (SSSR count). The van der Waals surface area contributed by atoms with E-state index in [1.165, 1.54) is 6.39 Å². The van der Waals surface area contributed by atoms with Crippen molar-refractivity contribution in [1.82, 2.24) is 19.8 Å². The quantitative estimate of drug-likeness (QED) is 0.379.